The van der Waals surface area contributed by atoms with Crippen LogP contribution in [0.15, 0.2) is 29.4 Å². The average molecular weight is 337 g/mol. The molecule has 1 saturated heterocycles. The Morgan fingerprint density at radius 3 is 3.00 bits per heavy atom. The van der Waals surface area contributed by atoms with Crippen molar-refractivity contribution in [3.63, 3.8) is 0 Å². The summed E-state index contributed by atoms with van der Waals surface area (Å²) in [6.45, 7) is 6.01. The van der Waals surface area contributed by atoms with Gasteiger partial charge in [-0.05, 0) is 44.4 Å². The lowest BCUT2D eigenvalue weighted by Gasteiger charge is -2.14. The number of hydrogen-bond acceptors (Lipinski definition) is 3. The SMILES string of the molecule is Cc1nc(SCc2cccc(Cl)c2)n(C[C@@H]2CCCO2)c1C. The van der Waals surface area contributed by atoms with Gasteiger partial charge in [0.25, 0.3) is 0 Å². The first-order chi connectivity index (χ1) is 10.6. The lowest BCUT2D eigenvalue weighted by atomic mass is 10.2. The molecule has 0 unspecified atom stereocenters. The zero-order chi connectivity index (χ0) is 15.5. The highest BCUT2D eigenvalue weighted by molar-refractivity contribution is 7.98. The Morgan fingerprint density at radius 2 is 2.27 bits per heavy atom. The van der Waals surface area contributed by atoms with Crippen molar-refractivity contribution in [3.8, 4) is 0 Å². The van der Waals surface area contributed by atoms with Gasteiger partial charge in [-0.3, -0.25) is 0 Å². The number of halogens is 1. The van der Waals surface area contributed by atoms with Crippen molar-refractivity contribution >= 4 is 23.4 Å². The van der Waals surface area contributed by atoms with E-state index in [2.05, 4.69) is 24.5 Å². The molecule has 1 aromatic carbocycles. The Morgan fingerprint density at radius 1 is 1.41 bits per heavy atom. The lowest BCUT2D eigenvalue weighted by Crippen LogP contribution is -2.16. The third kappa shape index (κ3) is 3.67. The molecule has 1 aromatic heterocycles. The molecule has 1 aliphatic rings. The monoisotopic (exact) mass is 336 g/mol. The van der Waals surface area contributed by atoms with Crippen LogP contribution in [0.25, 0.3) is 0 Å². The highest BCUT2D eigenvalue weighted by Crippen LogP contribution is 2.27. The predicted octanol–water partition coefficient (Wildman–Crippen LogP) is 4.62. The molecule has 0 bridgehead atoms. The fourth-order valence-corrected chi connectivity index (χ4v) is 3.97. The molecule has 118 valence electrons. The maximum atomic E-state index is 6.05. The number of hydrogen-bond donors (Lipinski definition) is 0. The van der Waals surface area contributed by atoms with E-state index in [4.69, 9.17) is 21.3 Å². The Kier molecular flexibility index (Phi) is 5.11. The van der Waals surface area contributed by atoms with Crippen molar-refractivity contribution in [2.24, 2.45) is 0 Å². The van der Waals surface area contributed by atoms with Gasteiger partial charge >= 0.3 is 0 Å². The largest absolute Gasteiger partial charge is 0.376 e. The van der Waals surface area contributed by atoms with E-state index in [1.54, 1.807) is 11.8 Å². The van der Waals surface area contributed by atoms with Crippen molar-refractivity contribution in [3.05, 3.63) is 46.2 Å². The Hall–Kier alpha value is -0.970. The van der Waals surface area contributed by atoms with Gasteiger partial charge < -0.3 is 9.30 Å². The molecular weight excluding hydrogens is 316 g/mol. The summed E-state index contributed by atoms with van der Waals surface area (Å²) in [5.74, 6) is 0.877. The van der Waals surface area contributed by atoms with E-state index in [0.717, 1.165) is 41.2 Å². The number of rotatable bonds is 5. The van der Waals surface area contributed by atoms with Crippen molar-refractivity contribution < 1.29 is 4.74 Å². The highest BCUT2D eigenvalue weighted by atomic mass is 35.5. The fourth-order valence-electron chi connectivity index (χ4n) is 2.72. The van der Waals surface area contributed by atoms with Crippen LogP contribution >= 0.6 is 23.4 Å². The lowest BCUT2D eigenvalue weighted by molar-refractivity contribution is 0.0945. The van der Waals surface area contributed by atoms with Gasteiger partial charge in [0.15, 0.2) is 5.16 Å². The molecule has 0 spiro atoms. The van der Waals surface area contributed by atoms with Crippen molar-refractivity contribution in [2.75, 3.05) is 6.61 Å². The minimum absolute atomic E-state index is 0.331. The van der Waals surface area contributed by atoms with Crippen molar-refractivity contribution in [1.82, 2.24) is 9.55 Å². The van der Waals surface area contributed by atoms with Gasteiger partial charge in [-0.15, -0.1) is 0 Å². The van der Waals surface area contributed by atoms with Gasteiger partial charge in [-0.1, -0.05) is 35.5 Å². The molecule has 2 aromatic rings. The van der Waals surface area contributed by atoms with E-state index in [9.17, 15) is 0 Å². The normalized spacial score (nSPS) is 18.0. The highest BCUT2D eigenvalue weighted by Gasteiger charge is 2.20. The first kappa shape index (κ1) is 15.9. The molecule has 5 heteroatoms. The van der Waals surface area contributed by atoms with E-state index < -0.39 is 0 Å². The number of ether oxygens (including phenoxy) is 1. The molecule has 22 heavy (non-hydrogen) atoms. The van der Waals surface area contributed by atoms with Crippen molar-refractivity contribution in [1.29, 1.82) is 0 Å². The van der Waals surface area contributed by atoms with E-state index in [1.807, 2.05) is 18.2 Å². The zero-order valence-corrected chi connectivity index (χ0v) is 14.6. The second-order valence-electron chi connectivity index (χ2n) is 5.73. The summed E-state index contributed by atoms with van der Waals surface area (Å²) < 4.78 is 8.09. The second-order valence-corrected chi connectivity index (χ2v) is 7.11. The summed E-state index contributed by atoms with van der Waals surface area (Å²) in [5.41, 5.74) is 3.56. The molecule has 3 nitrogen and oxygen atoms in total. The molecule has 1 fully saturated rings. The first-order valence-electron chi connectivity index (χ1n) is 7.66. The molecule has 1 atom stereocenters. The maximum absolute atomic E-state index is 6.05. The maximum Gasteiger partial charge on any atom is 0.168 e. The summed E-state index contributed by atoms with van der Waals surface area (Å²) in [5, 5.41) is 1.86. The Balaban J connectivity index is 1.73. The van der Waals surface area contributed by atoms with Crippen LogP contribution in [0.5, 0.6) is 0 Å². The number of aromatic nitrogens is 2. The number of thioether (sulfide) groups is 1. The zero-order valence-electron chi connectivity index (χ0n) is 13.0. The van der Waals surface area contributed by atoms with Gasteiger partial charge in [0.1, 0.15) is 0 Å². The van der Waals surface area contributed by atoms with Crippen LogP contribution in [-0.2, 0) is 17.0 Å². The minimum Gasteiger partial charge on any atom is -0.376 e. The van der Waals surface area contributed by atoms with Crippen LogP contribution in [0.3, 0.4) is 0 Å². The average Bonchev–Trinajstić information content (AvgIpc) is 3.09. The second kappa shape index (κ2) is 7.07. The van der Waals surface area contributed by atoms with Gasteiger partial charge in [-0.2, -0.15) is 0 Å². The Bertz CT molecular complexity index is 650. The Labute approximate surface area is 141 Å². The summed E-state index contributed by atoms with van der Waals surface area (Å²) >= 11 is 7.82. The van der Waals surface area contributed by atoms with Crippen LogP contribution in [0.2, 0.25) is 5.02 Å². The van der Waals surface area contributed by atoms with Crippen LogP contribution in [0.4, 0.5) is 0 Å². The number of benzene rings is 1. The molecule has 2 heterocycles. The molecule has 0 saturated carbocycles. The standard InChI is InChI=1S/C17H21ClN2OS/c1-12-13(2)20(10-16-7-4-8-21-16)17(19-12)22-11-14-5-3-6-15(18)9-14/h3,5-6,9,16H,4,7-8,10-11H2,1-2H3/t16-/m0/s1. The molecule has 0 aliphatic carbocycles. The minimum atomic E-state index is 0.331. The fraction of sp³-hybridized carbons (Fsp3) is 0.471. The van der Waals surface area contributed by atoms with Crippen LogP contribution in [-0.4, -0.2) is 22.3 Å². The van der Waals surface area contributed by atoms with Crippen LogP contribution in [0, 0.1) is 13.8 Å². The summed E-state index contributed by atoms with van der Waals surface area (Å²) in [6, 6.07) is 8.02. The molecule has 3 rings (SSSR count). The molecule has 0 amide bonds. The number of imidazole rings is 1. The third-order valence-electron chi connectivity index (χ3n) is 4.09. The molecule has 0 N–H and O–H groups in total. The van der Waals surface area contributed by atoms with E-state index >= 15 is 0 Å². The summed E-state index contributed by atoms with van der Waals surface area (Å²) in [6.07, 6.45) is 2.65. The predicted molar refractivity (Wildman–Crippen MR) is 91.7 cm³/mol. The molecule has 1 aliphatic heterocycles. The summed E-state index contributed by atoms with van der Waals surface area (Å²) in [4.78, 5) is 4.73. The molecule has 0 radical (unpaired) electrons. The van der Waals surface area contributed by atoms with Crippen LogP contribution in [0.1, 0.15) is 29.8 Å². The third-order valence-corrected chi connectivity index (χ3v) is 5.37. The van der Waals surface area contributed by atoms with Gasteiger partial charge in [0.2, 0.25) is 0 Å². The van der Waals surface area contributed by atoms with Gasteiger partial charge in [-0.25, -0.2) is 4.98 Å². The van der Waals surface area contributed by atoms with E-state index in [-0.39, 0.29) is 0 Å². The number of aryl methyl sites for hydroxylation is 1. The quantitative estimate of drug-likeness (QED) is 0.745. The first-order valence-corrected chi connectivity index (χ1v) is 9.02. The van der Waals surface area contributed by atoms with E-state index in [0.29, 0.717) is 6.10 Å². The van der Waals surface area contributed by atoms with E-state index in [1.165, 1.54) is 17.7 Å². The van der Waals surface area contributed by atoms with Crippen LogP contribution < -0.4 is 0 Å². The molecular formula is C17H21ClN2OS. The van der Waals surface area contributed by atoms with Crippen molar-refractivity contribution in [2.45, 2.75) is 50.2 Å². The summed E-state index contributed by atoms with van der Waals surface area (Å²) in [7, 11) is 0. The van der Waals surface area contributed by atoms with Gasteiger partial charge in [0, 0.05) is 23.1 Å². The topological polar surface area (TPSA) is 27.1 Å². The smallest absolute Gasteiger partial charge is 0.168 e. The van der Waals surface area contributed by atoms with Gasteiger partial charge in [0.05, 0.1) is 18.3 Å². The number of nitrogens with zero attached hydrogens (tertiary/aromatic N) is 2.